The number of carbonyl (C=O) groups excluding carboxylic acids is 1. The smallest absolute Gasteiger partial charge is 0.317 e. The lowest BCUT2D eigenvalue weighted by molar-refractivity contribution is 0.128. The average Bonchev–Trinajstić information content (AvgIpc) is 3.30. The molecule has 0 radical (unpaired) electrons. The van der Waals surface area contributed by atoms with Crippen molar-refractivity contribution in [2.45, 2.75) is 44.7 Å². The lowest BCUT2D eigenvalue weighted by atomic mass is 9.92. The summed E-state index contributed by atoms with van der Waals surface area (Å²) in [5.41, 5.74) is 2.02. The number of hydrogen-bond donors (Lipinski definition) is 1. The van der Waals surface area contributed by atoms with Gasteiger partial charge in [-0.3, -0.25) is 0 Å². The largest absolute Gasteiger partial charge is 0.334 e. The number of fused-ring (bicyclic) bond motifs is 1. The Balaban J connectivity index is 1.40. The Bertz CT molecular complexity index is 699. The summed E-state index contributed by atoms with van der Waals surface area (Å²) in [6.45, 7) is 1.43. The Kier molecular flexibility index (Phi) is 4.19. The average molecular weight is 325 g/mol. The van der Waals surface area contributed by atoms with Crippen LogP contribution < -0.4 is 5.32 Å². The standard InChI is InChI=1S/C18H23N5O/c24-18(22-9-3-6-15-5-2-8-17(15)22)20-11-14-4-1-7-16(10-14)23-13-19-12-21-23/h1,4,7,10,12-13,15,17H,2-3,5-6,8-9,11H2,(H,20,24). The molecule has 2 amide bonds. The minimum absolute atomic E-state index is 0.0813. The van der Waals surface area contributed by atoms with Crippen molar-refractivity contribution in [2.24, 2.45) is 5.92 Å². The first-order valence-corrected chi connectivity index (χ1v) is 8.80. The number of carbonyl (C=O) groups is 1. The molecule has 0 bridgehead atoms. The van der Waals surface area contributed by atoms with E-state index in [9.17, 15) is 4.79 Å². The molecule has 126 valence electrons. The number of benzene rings is 1. The maximum Gasteiger partial charge on any atom is 0.317 e. The zero-order valence-electron chi connectivity index (χ0n) is 13.8. The monoisotopic (exact) mass is 325 g/mol. The summed E-state index contributed by atoms with van der Waals surface area (Å²) in [6, 6.07) is 8.55. The molecule has 2 unspecified atom stereocenters. The molecule has 1 aromatic carbocycles. The van der Waals surface area contributed by atoms with Crippen LogP contribution in [0.4, 0.5) is 4.79 Å². The SMILES string of the molecule is O=C(NCc1cccc(-n2cncn2)c1)N1CCCC2CCCC21. The van der Waals surface area contributed by atoms with E-state index >= 15 is 0 Å². The van der Waals surface area contributed by atoms with E-state index in [0.29, 0.717) is 12.6 Å². The van der Waals surface area contributed by atoms with Crippen LogP contribution in [0.2, 0.25) is 0 Å². The molecule has 6 heteroatoms. The summed E-state index contributed by atoms with van der Waals surface area (Å²) >= 11 is 0. The minimum atomic E-state index is 0.0813. The lowest BCUT2D eigenvalue weighted by Gasteiger charge is -2.37. The van der Waals surface area contributed by atoms with E-state index in [1.807, 2.05) is 24.3 Å². The fourth-order valence-electron chi connectivity index (χ4n) is 4.14. The number of likely N-dealkylation sites (tertiary alicyclic amines) is 1. The van der Waals surface area contributed by atoms with E-state index in [1.54, 1.807) is 11.0 Å². The number of nitrogens with one attached hydrogen (secondary N) is 1. The molecule has 2 heterocycles. The third kappa shape index (κ3) is 3.00. The van der Waals surface area contributed by atoms with Crippen LogP contribution in [0.25, 0.3) is 5.69 Å². The molecule has 1 aliphatic carbocycles. The second-order valence-corrected chi connectivity index (χ2v) is 6.76. The van der Waals surface area contributed by atoms with Gasteiger partial charge in [0.2, 0.25) is 0 Å². The second-order valence-electron chi connectivity index (χ2n) is 6.76. The van der Waals surface area contributed by atoms with Gasteiger partial charge in [-0.1, -0.05) is 18.6 Å². The Hall–Kier alpha value is -2.37. The van der Waals surface area contributed by atoms with Crippen molar-refractivity contribution in [1.29, 1.82) is 0 Å². The van der Waals surface area contributed by atoms with Crippen molar-refractivity contribution in [2.75, 3.05) is 6.54 Å². The zero-order valence-corrected chi connectivity index (χ0v) is 13.8. The molecule has 0 spiro atoms. The van der Waals surface area contributed by atoms with Gasteiger partial charge in [0.1, 0.15) is 12.7 Å². The maximum absolute atomic E-state index is 12.6. The van der Waals surface area contributed by atoms with Gasteiger partial charge >= 0.3 is 6.03 Å². The van der Waals surface area contributed by atoms with E-state index < -0.39 is 0 Å². The highest BCUT2D eigenvalue weighted by molar-refractivity contribution is 5.74. The van der Waals surface area contributed by atoms with Gasteiger partial charge in [0.25, 0.3) is 0 Å². The lowest BCUT2D eigenvalue weighted by Crippen LogP contribution is -2.50. The Morgan fingerprint density at radius 2 is 2.17 bits per heavy atom. The van der Waals surface area contributed by atoms with E-state index in [1.165, 1.54) is 32.0 Å². The summed E-state index contributed by atoms with van der Waals surface area (Å²) in [5, 5.41) is 7.24. The molecule has 1 N–H and O–H groups in total. The number of hydrogen-bond acceptors (Lipinski definition) is 3. The van der Waals surface area contributed by atoms with Crippen LogP contribution in [0.15, 0.2) is 36.9 Å². The molecule has 24 heavy (non-hydrogen) atoms. The van der Waals surface area contributed by atoms with E-state index in [-0.39, 0.29) is 6.03 Å². The summed E-state index contributed by atoms with van der Waals surface area (Å²) < 4.78 is 1.72. The van der Waals surface area contributed by atoms with E-state index in [0.717, 1.165) is 30.1 Å². The third-order valence-corrected chi connectivity index (χ3v) is 5.29. The second kappa shape index (κ2) is 6.63. The van der Waals surface area contributed by atoms with E-state index in [4.69, 9.17) is 0 Å². The number of nitrogens with zero attached hydrogens (tertiary/aromatic N) is 4. The first-order chi connectivity index (χ1) is 11.8. The van der Waals surface area contributed by atoms with Crippen molar-refractivity contribution in [3.05, 3.63) is 42.5 Å². The molecular weight excluding hydrogens is 302 g/mol. The zero-order chi connectivity index (χ0) is 16.4. The normalized spacial score (nSPS) is 23.1. The highest BCUT2D eigenvalue weighted by atomic mass is 16.2. The Morgan fingerprint density at radius 3 is 3.04 bits per heavy atom. The van der Waals surface area contributed by atoms with Crippen LogP contribution in [0.5, 0.6) is 0 Å². The van der Waals surface area contributed by atoms with Gasteiger partial charge in [-0.2, -0.15) is 5.10 Å². The van der Waals surface area contributed by atoms with Crippen molar-refractivity contribution in [3.63, 3.8) is 0 Å². The Labute approximate surface area is 141 Å². The predicted molar refractivity (Wildman–Crippen MR) is 90.7 cm³/mol. The quantitative estimate of drug-likeness (QED) is 0.944. The van der Waals surface area contributed by atoms with Gasteiger partial charge in [-0.15, -0.1) is 0 Å². The molecule has 1 aromatic heterocycles. The van der Waals surface area contributed by atoms with Crippen LogP contribution in [-0.4, -0.2) is 38.3 Å². The molecule has 2 atom stereocenters. The molecule has 2 aliphatic rings. The summed E-state index contributed by atoms with van der Waals surface area (Å²) in [4.78, 5) is 18.7. The maximum atomic E-state index is 12.6. The molecule has 1 saturated carbocycles. The molecule has 2 fully saturated rings. The van der Waals surface area contributed by atoms with E-state index in [2.05, 4.69) is 20.3 Å². The molecule has 1 saturated heterocycles. The predicted octanol–water partition coefficient (Wildman–Crippen LogP) is 2.74. The van der Waals surface area contributed by atoms with Crippen LogP contribution in [-0.2, 0) is 6.54 Å². The molecular formula is C18H23N5O. The van der Waals surface area contributed by atoms with Gasteiger partial charge in [0.15, 0.2) is 0 Å². The molecule has 2 aromatic rings. The van der Waals surface area contributed by atoms with Crippen LogP contribution in [0.3, 0.4) is 0 Å². The van der Waals surface area contributed by atoms with Gasteiger partial charge in [-0.25, -0.2) is 14.5 Å². The van der Waals surface area contributed by atoms with Gasteiger partial charge < -0.3 is 10.2 Å². The number of aromatic nitrogens is 3. The van der Waals surface area contributed by atoms with Crippen molar-refractivity contribution < 1.29 is 4.79 Å². The first-order valence-electron chi connectivity index (χ1n) is 8.80. The summed E-state index contributed by atoms with van der Waals surface area (Å²) in [7, 11) is 0. The van der Waals surface area contributed by atoms with Crippen LogP contribution in [0.1, 0.15) is 37.7 Å². The number of amides is 2. The molecule has 6 nitrogen and oxygen atoms in total. The Morgan fingerprint density at radius 1 is 1.25 bits per heavy atom. The highest BCUT2D eigenvalue weighted by Gasteiger charge is 2.37. The minimum Gasteiger partial charge on any atom is -0.334 e. The fraction of sp³-hybridized carbons (Fsp3) is 0.500. The molecule has 4 rings (SSSR count). The molecule has 1 aliphatic heterocycles. The number of piperidine rings is 1. The van der Waals surface area contributed by atoms with Crippen molar-refractivity contribution in [3.8, 4) is 5.69 Å². The summed E-state index contributed by atoms with van der Waals surface area (Å²) in [5.74, 6) is 0.722. The fourth-order valence-corrected chi connectivity index (χ4v) is 4.14. The van der Waals surface area contributed by atoms with Crippen LogP contribution in [0, 0.1) is 5.92 Å². The highest BCUT2D eigenvalue weighted by Crippen LogP contribution is 2.36. The topological polar surface area (TPSA) is 63.1 Å². The third-order valence-electron chi connectivity index (χ3n) is 5.29. The van der Waals surface area contributed by atoms with Crippen LogP contribution >= 0.6 is 0 Å². The van der Waals surface area contributed by atoms with Gasteiger partial charge in [0, 0.05) is 19.1 Å². The number of rotatable bonds is 3. The van der Waals surface area contributed by atoms with Gasteiger partial charge in [0.05, 0.1) is 5.69 Å². The number of urea groups is 1. The van der Waals surface area contributed by atoms with Gasteiger partial charge in [-0.05, 0) is 49.3 Å². The van der Waals surface area contributed by atoms with Crippen molar-refractivity contribution >= 4 is 6.03 Å². The first kappa shape index (κ1) is 15.2. The summed E-state index contributed by atoms with van der Waals surface area (Å²) in [6.07, 6.45) is 9.33. The van der Waals surface area contributed by atoms with Crippen molar-refractivity contribution in [1.82, 2.24) is 25.0 Å².